The van der Waals surface area contributed by atoms with Gasteiger partial charge < -0.3 is 14.9 Å². The number of aliphatic hydroxyl groups excluding tert-OH is 1. The Morgan fingerprint density at radius 3 is 2.85 bits per heavy atom. The second-order valence-corrected chi connectivity index (χ2v) is 8.00. The zero-order valence-electron chi connectivity index (χ0n) is 15.6. The highest BCUT2D eigenvalue weighted by Crippen LogP contribution is 2.40. The number of β-amino-alcohol motifs (C(OH)–C–C–N with tert-alkyl or cyclic N) is 1. The Morgan fingerprint density at radius 1 is 1.23 bits per heavy atom. The van der Waals surface area contributed by atoms with Crippen LogP contribution in [0, 0.1) is 0 Å². The lowest BCUT2D eigenvalue weighted by Crippen LogP contribution is -2.61. The van der Waals surface area contributed by atoms with Crippen LogP contribution in [0.2, 0.25) is 0 Å². The first-order chi connectivity index (χ1) is 12.6. The Morgan fingerprint density at radius 2 is 2.08 bits per heavy atom. The van der Waals surface area contributed by atoms with E-state index in [-0.39, 0.29) is 18.1 Å². The average Bonchev–Trinajstić information content (AvgIpc) is 3.50. The third kappa shape index (κ3) is 3.42. The van der Waals surface area contributed by atoms with Crippen molar-refractivity contribution in [3.8, 4) is 0 Å². The molecule has 1 atom stereocenters. The van der Waals surface area contributed by atoms with E-state index in [1.54, 1.807) is 6.33 Å². The van der Waals surface area contributed by atoms with Gasteiger partial charge in [-0.15, -0.1) is 0 Å². The lowest BCUT2D eigenvalue weighted by molar-refractivity contribution is -0.131. The minimum absolute atomic E-state index is 0.0111. The van der Waals surface area contributed by atoms with Gasteiger partial charge in [0.25, 0.3) is 0 Å². The number of aromatic nitrogens is 2. The highest BCUT2D eigenvalue weighted by Gasteiger charge is 2.42. The monoisotopic (exact) mass is 359 g/mol. The number of anilines is 1. The summed E-state index contributed by atoms with van der Waals surface area (Å²) in [5, 5.41) is 9.22. The van der Waals surface area contributed by atoms with Gasteiger partial charge in [-0.2, -0.15) is 0 Å². The van der Waals surface area contributed by atoms with Gasteiger partial charge in [0, 0.05) is 62.4 Å². The summed E-state index contributed by atoms with van der Waals surface area (Å²) in [4.78, 5) is 28.0. The zero-order valence-corrected chi connectivity index (χ0v) is 15.6. The Bertz CT molecular complexity index is 665. The lowest BCUT2D eigenvalue weighted by Gasteiger charge is -2.49. The molecule has 1 spiro atoms. The highest BCUT2D eigenvalue weighted by atomic mass is 16.3. The van der Waals surface area contributed by atoms with Crippen LogP contribution in [0.15, 0.2) is 12.4 Å². The van der Waals surface area contributed by atoms with Crippen molar-refractivity contribution in [1.29, 1.82) is 0 Å². The number of piperazine rings is 1. The van der Waals surface area contributed by atoms with Crippen molar-refractivity contribution in [3.63, 3.8) is 0 Å². The summed E-state index contributed by atoms with van der Waals surface area (Å²) in [6.07, 6.45) is 6.54. The number of likely N-dealkylation sites (N-methyl/N-ethyl adjacent to an activating group) is 1. The van der Waals surface area contributed by atoms with Gasteiger partial charge in [-0.05, 0) is 32.7 Å². The summed E-state index contributed by atoms with van der Waals surface area (Å²) in [5.74, 6) is 1.82. The first-order valence-corrected chi connectivity index (χ1v) is 9.78. The third-order valence-electron chi connectivity index (χ3n) is 6.37. The van der Waals surface area contributed by atoms with Crippen LogP contribution in [-0.2, 0) is 4.79 Å². The molecule has 2 saturated heterocycles. The summed E-state index contributed by atoms with van der Waals surface area (Å²) in [5.41, 5.74) is 1.16. The molecule has 1 aliphatic carbocycles. The molecule has 7 nitrogen and oxygen atoms in total. The van der Waals surface area contributed by atoms with E-state index in [4.69, 9.17) is 0 Å². The molecule has 0 unspecified atom stereocenters. The van der Waals surface area contributed by atoms with Crippen molar-refractivity contribution in [3.05, 3.63) is 18.1 Å². The molecular formula is C19H29N5O2. The van der Waals surface area contributed by atoms with E-state index in [2.05, 4.69) is 32.9 Å². The fraction of sp³-hybridized carbons (Fsp3) is 0.737. The van der Waals surface area contributed by atoms with Gasteiger partial charge in [0.15, 0.2) is 0 Å². The molecule has 0 radical (unpaired) electrons. The van der Waals surface area contributed by atoms with Gasteiger partial charge in [-0.25, -0.2) is 9.97 Å². The van der Waals surface area contributed by atoms with E-state index in [0.717, 1.165) is 38.3 Å². The summed E-state index contributed by atoms with van der Waals surface area (Å²) >= 11 is 0. The first-order valence-electron chi connectivity index (χ1n) is 9.78. The number of amides is 1. The Labute approximate surface area is 155 Å². The van der Waals surface area contributed by atoms with Crippen LogP contribution >= 0.6 is 0 Å². The Kier molecular flexibility index (Phi) is 4.84. The summed E-state index contributed by atoms with van der Waals surface area (Å²) in [6.45, 7) is 4.01. The fourth-order valence-electron chi connectivity index (χ4n) is 4.38. The van der Waals surface area contributed by atoms with E-state index in [0.29, 0.717) is 25.4 Å². The molecule has 3 heterocycles. The number of carbonyl (C=O) groups excluding carboxylic acids is 1. The van der Waals surface area contributed by atoms with E-state index in [9.17, 15) is 9.90 Å². The van der Waals surface area contributed by atoms with Crippen molar-refractivity contribution in [2.24, 2.45) is 0 Å². The van der Waals surface area contributed by atoms with Crippen LogP contribution in [-0.4, -0.2) is 82.7 Å². The minimum atomic E-state index is -0.0111. The van der Waals surface area contributed by atoms with Gasteiger partial charge in [-0.1, -0.05) is 0 Å². The summed E-state index contributed by atoms with van der Waals surface area (Å²) < 4.78 is 0. The molecule has 2 aliphatic heterocycles. The molecule has 1 saturated carbocycles. The van der Waals surface area contributed by atoms with Crippen molar-refractivity contribution < 1.29 is 9.90 Å². The average molecular weight is 359 g/mol. The molecule has 0 bridgehead atoms. The minimum Gasteiger partial charge on any atom is -0.395 e. The predicted molar refractivity (Wildman–Crippen MR) is 99.1 cm³/mol. The molecule has 142 valence electrons. The number of hydrogen-bond acceptors (Lipinski definition) is 6. The molecule has 0 aromatic carbocycles. The van der Waals surface area contributed by atoms with Crippen molar-refractivity contribution in [1.82, 2.24) is 19.8 Å². The predicted octanol–water partition coefficient (Wildman–Crippen LogP) is 0.849. The maximum absolute atomic E-state index is 12.4. The van der Waals surface area contributed by atoms with Crippen LogP contribution in [0.3, 0.4) is 0 Å². The van der Waals surface area contributed by atoms with E-state index < -0.39 is 0 Å². The number of rotatable bonds is 4. The molecular weight excluding hydrogens is 330 g/mol. The zero-order chi connectivity index (χ0) is 18.1. The second kappa shape index (κ2) is 7.12. The Hall–Kier alpha value is -1.73. The van der Waals surface area contributed by atoms with Crippen LogP contribution in [0.5, 0.6) is 0 Å². The van der Waals surface area contributed by atoms with Crippen molar-refractivity contribution in [2.45, 2.75) is 43.6 Å². The topological polar surface area (TPSA) is 72.8 Å². The van der Waals surface area contributed by atoms with Crippen molar-refractivity contribution in [2.75, 3.05) is 51.3 Å². The normalized spacial score (nSPS) is 27.8. The number of likely N-dealkylation sites (tertiary alicyclic amines) is 1. The van der Waals surface area contributed by atoms with Gasteiger partial charge in [-0.3, -0.25) is 9.69 Å². The number of nitrogens with zero attached hydrogens (tertiary/aromatic N) is 5. The van der Waals surface area contributed by atoms with Gasteiger partial charge in [0.05, 0.1) is 6.61 Å². The number of aliphatic hydroxyl groups is 1. The van der Waals surface area contributed by atoms with E-state index in [1.165, 1.54) is 18.5 Å². The Balaban J connectivity index is 1.52. The standard InChI is InChI=1S/C19H29N5O2/c1-22-8-9-24(17-12-16(15-2-3-15)20-14-21-17)13-19(22)5-4-18(26)23(7-6-19)10-11-25/h12,14-15,25H,2-11,13H2,1H3/t19-/m0/s1. The third-order valence-corrected chi connectivity index (χ3v) is 6.37. The molecule has 7 heteroatoms. The number of carbonyl (C=O) groups is 1. The van der Waals surface area contributed by atoms with Crippen LogP contribution < -0.4 is 4.90 Å². The largest absolute Gasteiger partial charge is 0.395 e. The highest BCUT2D eigenvalue weighted by molar-refractivity contribution is 5.76. The smallest absolute Gasteiger partial charge is 0.222 e. The lowest BCUT2D eigenvalue weighted by atomic mass is 9.86. The molecule has 3 fully saturated rings. The number of hydrogen-bond donors (Lipinski definition) is 1. The quantitative estimate of drug-likeness (QED) is 0.859. The SMILES string of the molecule is CN1CCN(c2cc(C3CC3)ncn2)C[C@@]12CCC(=O)N(CCO)CC2. The van der Waals surface area contributed by atoms with Crippen LogP contribution in [0.25, 0.3) is 0 Å². The molecule has 1 amide bonds. The summed E-state index contributed by atoms with van der Waals surface area (Å²) in [6, 6.07) is 2.16. The molecule has 1 N–H and O–H groups in total. The maximum Gasteiger partial charge on any atom is 0.222 e. The van der Waals surface area contributed by atoms with Gasteiger partial charge >= 0.3 is 0 Å². The molecule has 3 aliphatic rings. The first kappa shape index (κ1) is 17.7. The summed E-state index contributed by atoms with van der Waals surface area (Å²) in [7, 11) is 2.18. The second-order valence-electron chi connectivity index (χ2n) is 8.00. The van der Waals surface area contributed by atoms with E-state index in [1.807, 2.05) is 4.90 Å². The van der Waals surface area contributed by atoms with Crippen molar-refractivity contribution >= 4 is 11.7 Å². The molecule has 1 aromatic rings. The fourth-order valence-corrected chi connectivity index (χ4v) is 4.38. The van der Waals surface area contributed by atoms with E-state index >= 15 is 0 Å². The van der Waals surface area contributed by atoms with Gasteiger partial charge in [0.1, 0.15) is 12.1 Å². The maximum atomic E-state index is 12.4. The van der Waals surface area contributed by atoms with Crippen LogP contribution in [0.1, 0.15) is 43.7 Å². The molecule has 26 heavy (non-hydrogen) atoms. The van der Waals surface area contributed by atoms with Gasteiger partial charge in [0.2, 0.25) is 5.91 Å². The molecule has 1 aromatic heterocycles. The molecule has 4 rings (SSSR count). The van der Waals surface area contributed by atoms with Crippen LogP contribution in [0.4, 0.5) is 5.82 Å².